The predicted molar refractivity (Wildman–Crippen MR) is 184 cm³/mol. The Hall–Kier alpha value is -5.89. The van der Waals surface area contributed by atoms with Crippen LogP contribution in [-0.2, 0) is 19.7 Å². The van der Waals surface area contributed by atoms with Gasteiger partial charge in [0.25, 0.3) is 5.92 Å². The summed E-state index contributed by atoms with van der Waals surface area (Å²) < 4.78 is 33.7. The molecule has 4 heterocycles. The minimum atomic E-state index is -2.94. The van der Waals surface area contributed by atoms with Crippen LogP contribution in [0.15, 0.2) is 48.8 Å². The number of tetrazole rings is 1. The third-order valence-electron chi connectivity index (χ3n) is 9.54. The van der Waals surface area contributed by atoms with Crippen LogP contribution in [0.1, 0.15) is 49.2 Å². The van der Waals surface area contributed by atoms with Gasteiger partial charge in [-0.2, -0.15) is 9.94 Å². The number of aromatic amines is 1. The number of carbonyl (C=O) groups is 3. The molecule has 52 heavy (non-hydrogen) atoms. The van der Waals surface area contributed by atoms with Crippen LogP contribution in [0.4, 0.5) is 25.0 Å². The SMILES string of the molecule is COC(=O)Nc1ccc2c(c1)N[C@@H](C(=O)N1CC(F)(F)C1)CCCC[C@@]1(CC1NC(=O)/C=C/c1cc(Cl)ccc1-n1cnnn1)c1nc(C#N)c-2[nH]1. The fourth-order valence-electron chi connectivity index (χ4n) is 6.81. The largest absolute Gasteiger partial charge is 0.453 e. The average Bonchev–Trinajstić information content (AvgIpc) is 3.43. The Balaban J connectivity index is 1.18. The zero-order valence-electron chi connectivity index (χ0n) is 27.7. The molecule has 3 amide bonds. The van der Waals surface area contributed by atoms with E-state index in [0.29, 0.717) is 76.8 Å². The molecule has 2 aromatic carbocycles. The molecule has 2 bridgehead atoms. The first-order valence-corrected chi connectivity index (χ1v) is 16.8. The lowest BCUT2D eigenvalue weighted by Gasteiger charge is -2.40. The monoisotopic (exact) mass is 731 g/mol. The van der Waals surface area contributed by atoms with Crippen LogP contribution in [0.2, 0.25) is 5.02 Å². The number of rotatable bonds is 6. The maximum Gasteiger partial charge on any atom is 0.411 e. The minimum absolute atomic E-state index is 0.0866. The number of hydrogen-bond donors (Lipinski definition) is 4. The fourth-order valence-corrected chi connectivity index (χ4v) is 6.99. The maximum absolute atomic E-state index is 13.8. The molecule has 4 N–H and O–H groups in total. The smallest absolute Gasteiger partial charge is 0.411 e. The van der Waals surface area contributed by atoms with E-state index in [1.54, 1.807) is 42.5 Å². The van der Waals surface area contributed by atoms with E-state index in [0.717, 1.165) is 4.90 Å². The van der Waals surface area contributed by atoms with E-state index in [9.17, 15) is 28.4 Å². The zero-order chi connectivity index (χ0) is 36.6. The lowest BCUT2D eigenvalue weighted by atomic mass is 9.94. The van der Waals surface area contributed by atoms with Crippen molar-refractivity contribution in [3.63, 3.8) is 0 Å². The number of fused-ring (bicyclic) bond motifs is 5. The van der Waals surface area contributed by atoms with E-state index in [1.165, 1.54) is 24.2 Å². The second-order valence-corrected chi connectivity index (χ2v) is 13.4. The van der Waals surface area contributed by atoms with Crippen molar-refractivity contribution < 1.29 is 27.9 Å². The van der Waals surface area contributed by atoms with Crippen LogP contribution in [0.5, 0.6) is 0 Å². The summed E-state index contributed by atoms with van der Waals surface area (Å²) in [7, 11) is 1.22. The Bertz CT molecular complexity index is 2110. The van der Waals surface area contributed by atoms with E-state index in [-0.39, 0.29) is 17.6 Å². The predicted octanol–water partition coefficient (Wildman–Crippen LogP) is 4.43. The Labute approximate surface area is 300 Å². The summed E-state index contributed by atoms with van der Waals surface area (Å²) in [6.45, 7) is -1.34. The van der Waals surface area contributed by atoms with E-state index in [1.807, 2.05) is 0 Å². The summed E-state index contributed by atoms with van der Waals surface area (Å²) in [5.74, 6) is -3.25. The van der Waals surface area contributed by atoms with Crippen LogP contribution in [0.3, 0.4) is 0 Å². The normalized spacial score (nSPS) is 21.8. The molecule has 18 heteroatoms. The summed E-state index contributed by atoms with van der Waals surface area (Å²) in [4.78, 5) is 48.0. The molecule has 1 unspecified atom stereocenters. The summed E-state index contributed by atoms with van der Waals surface area (Å²) in [6, 6.07) is 10.9. The van der Waals surface area contributed by atoms with Gasteiger partial charge in [0.2, 0.25) is 11.8 Å². The minimum Gasteiger partial charge on any atom is -0.453 e. The molecule has 0 radical (unpaired) electrons. The van der Waals surface area contributed by atoms with Gasteiger partial charge in [0.1, 0.15) is 24.3 Å². The van der Waals surface area contributed by atoms with Crippen LogP contribution in [-0.4, -0.2) is 91.2 Å². The quantitative estimate of drug-likeness (QED) is 0.206. The third kappa shape index (κ3) is 6.89. The van der Waals surface area contributed by atoms with Gasteiger partial charge in [-0.05, 0) is 72.2 Å². The van der Waals surface area contributed by atoms with Crippen molar-refractivity contribution in [2.24, 2.45) is 0 Å². The van der Waals surface area contributed by atoms with Crippen molar-refractivity contribution in [3.05, 3.63) is 70.9 Å². The second kappa shape index (κ2) is 13.7. The zero-order valence-corrected chi connectivity index (χ0v) is 28.5. The first-order chi connectivity index (χ1) is 25.0. The van der Waals surface area contributed by atoms with Gasteiger partial charge in [-0.25, -0.2) is 18.6 Å². The molecule has 1 saturated heterocycles. The lowest BCUT2D eigenvalue weighted by molar-refractivity contribution is -0.166. The topological polar surface area (TPSA) is 196 Å². The Morgan fingerprint density at radius 1 is 1.17 bits per heavy atom. The molecular weight excluding hydrogens is 700 g/mol. The highest BCUT2D eigenvalue weighted by Crippen LogP contribution is 2.52. The van der Waals surface area contributed by atoms with Crippen molar-refractivity contribution >= 4 is 47.0 Å². The number of benzene rings is 2. The highest BCUT2D eigenvalue weighted by molar-refractivity contribution is 6.30. The Kier molecular flexibility index (Phi) is 9.09. The van der Waals surface area contributed by atoms with Gasteiger partial charge in [-0.1, -0.05) is 24.4 Å². The summed E-state index contributed by atoms with van der Waals surface area (Å²) in [5, 5.41) is 30.8. The van der Waals surface area contributed by atoms with Gasteiger partial charge in [0, 0.05) is 39.6 Å². The summed E-state index contributed by atoms with van der Waals surface area (Å²) >= 11 is 6.23. The molecule has 2 aromatic heterocycles. The van der Waals surface area contributed by atoms with Gasteiger partial charge in [-0.15, -0.1) is 5.10 Å². The Morgan fingerprint density at radius 3 is 2.73 bits per heavy atom. The summed E-state index contributed by atoms with van der Waals surface area (Å²) in [5.41, 5.74) is 2.22. The number of halogens is 3. The molecule has 15 nitrogen and oxygen atoms in total. The van der Waals surface area contributed by atoms with Crippen LogP contribution >= 0.6 is 11.6 Å². The number of nitrogens with zero attached hydrogens (tertiary/aromatic N) is 7. The molecule has 3 aliphatic rings. The van der Waals surface area contributed by atoms with Gasteiger partial charge in [0.15, 0.2) is 5.69 Å². The van der Waals surface area contributed by atoms with Crippen molar-refractivity contribution in [2.45, 2.75) is 55.5 Å². The number of hydrogen-bond acceptors (Lipinski definition) is 10. The fraction of sp³-hybridized carbons (Fsp3) is 0.353. The number of nitriles is 1. The van der Waals surface area contributed by atoms with Crippen LogP contribution in [0.25, 0.3) is 23.0 Å². The van der Waals surface area contributed by atoms with E-state index in [4.69, 9.17) is 21.3 Å². The number of aromatic nitrogens is 6. The van der Waals surface area contributed by atoms with E-state index in [2.05, 4.69) is 42.5 Å². The second-order valence-electron chi connectivity index (χ2n) is 13.0. The number of anilines is 2. The number of nitrogens with one attached hydrogen (secondary N) is 4. The number of likely N-dealkylation sites (tertiary alicyclic amines) is 1. The number of imidazole rings is 1. The Morgan fingerprint density at radius 2 is 2.00 bits per heavy atom. The molecule has 4 aromatic rings. The lowest BCUT2D eigenvalue weighted by Crippen LogP contribution is -2.61. The molecule has 1 aliphatic carbocycles. The molecule has 3 atom stereocenters. The van der Waals surface area contributed by atoms with Crippen LogP contribution < -0.4 is 16.0 Å². The number of methoxy groups -OCH3 is 1. The molecule has 7 rings (SSSR count). The number of H-pyrrole nitrogens is 1. The maximum atomic E-state index is 13.8. The molecular formula is C34H32ClF2N11O4. The highest BCUT2D eigenvalue weighted by atomic mass is 35.5. The molecule has 2 fully saturated rings. The molecule has 268 valence electrons. The first kappa shape index (κ1) is 34.6. The van der Waals surface area contributed by atoms with E-state index >= 15 is 0 Å². The van der Waals surface area contributed by atoms with Crippen molar-refractivity contribution in [3.8, 4) is 23.0 Å². The van der Waals surface area contributed by atoms with Gasteiger partial charge in [-0.3, -0.25) is 14.9 Å². The molecule has 2 aliphatic heterocycles. The standard InChI is InChI=1S/C34H32ClF2N11O4/c1-52-32(51)40-21-7-8-22-24(13-21)41-23(30(50)47-16-34(36,37)17-47)4-2-3-11-33(31-42-25(15-38)29(22)44-31)14-27(33)43-28(49)10-5-19-12-20(35)6-9-26(19)48-18-39-45-46-48/h5-10,12-13,18,23,27,41H,2-4,11,14,16-17H2,1H3,(H,40,51)(H,42,44)(H,43,49)/b10-5+/t23-,27?,33+/m1/s1. The number of ether oxygens (including phenoxy) is 1. The third-order valence-corrected chi connectivity index (χ3v) is 9.78. The average molecular weight is 732 g/mol. The number of carbonyl (C=O) groups excluding carboxylic acids is 3. The van der Waals surface area contributed by atoms with Gasteiger partial charge < -0.3 is 25.3 Å². The number of amides is 3. The van der Waals surface area contributed by atoms with Crippen molar-refractivity contribution in [1.29, 1.82) is 5.26 Å². The van der Waals surface area contributed by atoms with Gasteiger partial charge in [0.05, 0.1) is 37.0 Å². The molecule has 1 saturated carbocycles. The van der Waals surface area contributed by atoms with Crippen LogP contribution in [0, 0.1) is 11.3 Å². The van der Waals surface area contributed by atoms with Crippen molar-refractivity contribution in [2.75, 3.05) is 30.8 Å². The first-order valence-electron chi connectivity index (χ1n) is 16.4. The van der Waals surface area contributed by atoms with E-state index < -0.39 is 42.5 Å². The van der Waals surface area contributed by atoms with Crippen molar-refractivity contribution in [1.82, 2.24) is 40.4 Å². The summed E-state index contributed by atoms with van der Waals surface area (Å²) in [6.07, 6.45) is 6.29. The molecule has 1 spiro atoms. The van der Waals surface area contributed by atoms with Gasteiger partial charge >= 0.3 is 6.09 Å². The number of alkyl halides is 2. The highest BCUT2D eigenvalue weighted by Gasteiger charge is 2.58.